The van der Waals surface area contributed by atoms with Gasteiger partial charge in [0.2, 0.25) is 0 Å². The molecule has 1 N–H and O–H groups in total. The van der Waals surface area contributed by atoms with Crippen molar-refractivity contribution in [2.24, 2.45) is 0 Å². The number of aryl methyl sites for hydroxylation is 1. The van der Waals surface area contributed by atoms with E-state index >= 15 is 0 Å². The van der Waals surface area contributed by atoms with Crippen molar-refractivity contribution in [1.82, 2.24) is 9.88 Å². The van der Waals surface area contributed by atoms with Crippen LogP contribution in [0.4, 0.5) is 5.13 Å². The summed E-state index contributed by atoms with van der Waals surface area (Å²) in [6, 6.07) is 0.819. The number of nitrogens with zero attached hydrogens (tertiary/aromatic N) is 3. The van der Waals surface area contributed by atoms with E-state index < -0.39 is 5.97 Å². The molecule has 2 aliphatic rings. The molecular weight excluding hydrogens is 250 g/mol. The lowest BCUT2D eigenvalue weighted by Crippen LogP contribution is -2.47. The van der Waals surface area contributed by atoms with E-state index in [1.807, 2.05) is 0 Å². The highest BCUT2D eigenvalue weighted by Crippen LogP contribution is 2.30. The van der Waals surface area contributed by atoms with E-state index in [9.17, 15) is 4.79 Å². The Hall–Kier alpha value is -1.14. The summed E-state index contributed by atoms with van der Waals surface area (Å²) in [4.78, 5) is 20.5. The van der Waals surface area contributed by atoms with Crippen LogP contribution < -0.4 is 4.90 Å². The highest BCUT2D eigenvalue weighted by molar-refractivity contribution is 7.17. The van der Waals surface area contributed by atoms with Gasteiger partial charge in [-0.25, -0.2) is 9.78 Å². The molecule has 1 aromatic heterocycles. The zero-order valence-corrected chi connectivity index (χ0v) is 11.2. The second-order valence-corrected chi connectivity index (χ2v) is 5.95. The number of rotatable bonds is 3. The van der Waals surface area contributed by atoms with Gasteiger partial charge in [0.1, 0.15) is 4.88 Å². The van der Waals surface area contributed by atoms with Gasteiger partial charge in [0, 0.05) is 32.2 Å². The van der Waals surface area contributed by atoms with E-state index in [4.69, 9.17) is 5.11 Å². The van der Waals surface area contributed by atoms with Crippen LogP contribution in [0.15, 0.2) is 0 Å². The lowest BCUT2D eigenvalue weighted by molar-refractivity contribution is 0.0701. The summed E-state index contributed by atoms with van der Waals surface area (Å²) in [7, 11) is 0. The Bertz CT molecular complexity index is 462. The van der Waals surface area contributed by atoms with Crippen molar-refractivity contribution in [1.29, 1.82) is 0 Å². The van der Waals surface area contributed by atoms with Crippen LogP contribution in [0.3, 0.4) is 0 Å². The van der Waals surface area contributed by atoms with E-state index in [2.05, 4.69) is 14.8 Å². The van der Waals surface area contributed by atoms with Crippen LogP contribution in [0, 0.1) is 6.92 Å². The van der Waals surface area contributed by atoms with Crippen LogP contribution in [0.25, 0.3) is 0 Å². The maximum atomic E-state index is 11.0. The zero-order valence-electron chi connectivity index (χ0n) is 10.4. The molecular formula is C12H17N3O2S. The monoisotopic (exact) mass is 267 g/mol. The first-order valence-electron chi connectivity index (χ1n) is 6.35. The molecule has 0 amide bonds. The molecule has 2 fully saturated rings. The fourth-order valence-corrected chi connectivity index (χ4v) is 3.39. The molecule has 0 bridgehead atoms. The zero-order chi connectivity index (χ0) is 12.7. The Balaban J connectivity index is 1.68. The third-order valence-electron chi connectivity index (χ3n) is 3.63. The standard InChI is InChI=1S/C12H17N3O2S/c1-8-10(11(16)17)18-12(13-8)15-6-4-14(5-7-15)9-2-3-9/h9H,2-7H2,1H3,(H,16,17). The van der Waals surface area contributed by atoms with Crippen LogP contribution in [0.5, 0.6) is 0 Å². The van der Waals surface area contributed by atoms with Crippen molar-refractivity contribution in [3.63, 3.8) is 0 Å². The minimum Gasteiger partial charge on any atom is -0.477 e. The van der Waals surface area contributed by atoms with Crippen molar-refractivity contribution in [3.8, 4) is 0 Å². The van der Waals surface area contributed by atoms with Gasteiger partial charge in [-0.05, 0) is 19.8 Å². The molecule has 1 aliphatic carbocycles. The van der Waals surface area contributed by atoms with Crippen LogP contribution >= 0.6 is 11.3 Å². The average molecular weight is 267 g/mol. The van der Waals surface area contributed by atoms with Gasteiger partial charge in [0.05, 0.1) is 5.69 Å². The highest BCUT2D eigenvalue weighted by atomic mass is 32.1. The lowest BCUT2D eigenvalue weighted by atomic mass is 10.3. The van der Waals surface area contributed by atoms with E-state index in [0.29, 0.717) is 10.6 Å². The Morgan fingerprint density at radius 1 is 1.33 bits per heavy atom. The number of carbonyl (C=O) groups is 1. The second-order valence-electron chi connectivity index (χ2n) is 4.97. The predicted octanol–water partition coefficient (Wildman–Crippen LogP) is 1.43. The fraction of sp³-hybridized carbons (Fsp3) is 0.667. The number of hydrogen-bond donors (Lipinski definition) is 1. The molecule has 1 saturated carbocycles. The van der Waals surface area contributed by atoms with E-state index in [1.54, 1.807) is 6.92 Å². The van der Waals surface area contributed by atoms with Gasteiger partial charge in [-0.15, -0.1) is 0 Å². The van der Waals surface area contributed by atoms with Crippen molar-refractivity contribution in [2.45, 2.75) is 25.8 Å². The molecule has 5 nitrogen and oxygen atoms in total. The Morgan fingerprint density at radius 3 is 2.50 bits per heavy atom. The van der Waals surface area contributed by atoms with Crippen LogP contribution in [0.1, 0.15) is 28.2 Å². The first kappa shape index (κ1) is 11.9. The summed E-state index contributed by atoms with van der Waals surface area (Å²) >= 11 is 1.30. The third-order valence-corrected chi connectivity index (χ3v) is 4.83. The minimum absolute atomic E-state index is 0.370. The van der Waals surface area contributed by atoms with E-state index in [1.165, 1.54) is 24.2 Å². The molecule has 1 saturated heterocycles. The first-order chi connectivity index (χ1) is 8.65. The van der Waals surface area contributed by atoms with Gasteiger partial charge in [0.25, 0.3) is 0 Å². The number of hydrogen-bond acceptors (Lipinski definition) is 5. The smallest absolute Gasteiger partial charge is 0.347 e. The normalized spacial score (nSPS) is 21.3. The largest absolute Gasteiger partial charge is 0.477 e. The molecule has 6 heteroatoms. The number of piperazine rings is 1. The first-order valence-corrected chi connectivity index (χ1v) is 7.16. The molecule has 0 spiro atoms. The molecule has 0 atom stereocenters. The van der Waals surface area contributed by atoms with Crippen LogP contribution in [-0.2, 0) is 0 Å². The quantitative estimate of drug-likeness (QED) is 0.898. The van der Waals surface area contributed by atoms with Crippen molar-refractivity contribution >= 4 is 22.4 Å². The number of thiazole rings is 1. The molecule has 2 heterocycles. The second kappa shape index (κ2) is 4.51. The Labute approximate surface area is 110 Å². The minimum atomic E-state index is -0.868. The number of anilines is 1. The summed E-state index contributed by atoms with van der Waals surface area (Å²) in [6.07, 6.45) is 2.69. The lowest BCUT2D eigenvalue weighted by Gasteiger charge is -2.34. The van der Waals surface area contributed by atoms with Gasteiger partial charge in [-0.3, -0.25) is 4.90 Å². The summed E-state index contributed by atoms with van der Waals surface area (Å²) in [5, 5.41) is 9.91. The summed E-state index contributed by atoms with van der Waals surface area (Å²) in [6.45, 7) is 5.84. The van der Waals surface area contributed by atoms with Crippen molar-refractivity contribution in [3.05, 3.63) is 10.6 Å². The predicted molar refractivity (Wildman–Crippen MR) is 70.6 cm³/mol. The van der Waals surface area contributed by atoms with Crippen molar-refractivity contribution in [2.75, 3.05) is 31.1 Å². The van der Waals surface area contributed by atoms with E-state index in [-0.39, 0.29) is 0 Å². The molecule has 3 rings (SSSR count). The maximum absolute atomic E-state index is 11.0. The van der Waals surface area contributed by atoms with Gasteiger partial charge in [0.15, 0.2) is 5.13 Å². The highest BCUT2D eigenvalue weighted by Gasteiger charge is 2.32. The molecule has 0 radical (unpaired) electrons. The van der Waals surface area contributed by atoms with Gasteiger partial charge in [-0.2, -0.15) is 0 Å². The Kier molecular flexibility index (Phi) is 2.99. The number of carboxylic acids is 1. The summed E-state index contributed by atoms with van der Waals surface area (Å²) in [5.41, 5.74) is 0.632. The summed E-state index contributed by atoms with van der Waals surface area (Å²) < 4.78 is 0. The average Bonchev–Trinajstić information content (AvgIpc) is 3.12. The molecule has 98 valence electrons. The third kappa shape index (κ3) is 2.22. The van der Waals surface area contributed by atoms with Crippen LogP contribution in [0.2, 0.25) is 0 Å². The topological polar surface area (TPSA) is 56.7 Å². The molecule has 0 aromatic carbocycles. The summed E-state index contributed by atoms with van der Waals surface area (Å²) in [5.74, 6) is -0.868. The van der Waals surface area contributed by atoms with Gasteiger partial charge >= 0.3 is 5.97 Å². The molecule has 0 unspecified atom stereocenters. The number of aromatic carboxylic acids is 1. The number of carboxylic acid groups (broad SMARTS) is 1. The maximum Gasteiger partial charge on any atom is 0.347 e. The molecule has 18 heavy (non-hydrogen) atoms. The molecule has 1 aromatic rings. The fourth-order valence-electron chi connectivity index (χ4n) is 2.43. The van der Waals surface area contributed by atoms with Gasteiger partial charge < -0.3 is 10.0 Å². The van der Waals surface area contributed by atoms with Crippen molar-refractivity contribution < 1.29 is 9.90 Å². The molecule has 1 aliphatic heterocycles. The SMILES string of the molecule is Cc1nc(N2CCN(C3CC3)CC2)sc1C(=O)O. The van der Waals surface area contributed by atoms with Gasteiger partial charge in [-0.1, -0.05) is 11.3 Å². The Morgan fingerprint density at radius 2 is 2.00 bits per heavy atom. The van der Waals surface area contributed by atoms with E-state index in [0.717, 1.165) is 37.4 Å². The number of aromatic nitrogens is 1. The van der Waals surface area contributed by atoms with Crippen LogP contribution in [-0.4, -0.2) is 53.2 Å².